The summed E-state index contributed by atoms with van der Waals surface area (Å²) in [6, 6.07) is 13.8. The van der Waals surface area contributed by atoms with Crippen molar-refractivity contribution in [2.45, 2.75) is 51.6 Å². The monoisotopic (exact) mass is 506 g/mol. The minimum atomic E-state index is -1.04. The van der Waals surface area contributed by atoms with E-state index in [1.165, 1.54) is 6.08 Å². The van der Waals surface area contributed by atoms with E-state index < -0.39 is 23.5 Å². The summed E-state index contributed by atoms with van der Waals surface area (Å²) in [5.41, 5.74) is 2.57. The average molecular weight is 507 g/mol. The van der Waals surface area contributed by atoms with Crippen LogP contribution in [0.3, 0.4) is 0 Å². The second-order valence-electron chi connectivity index (χ2n) is 9.72. The molecule has 0 spiro atoms. The lowest BCUT2D eigenvalue weighted by atomic mass is 9.92. The highest BCUT2D eigenvalue weighted by molar-refractivity contribution is 6.00. The highest BCUT2D eigenvalue weighted by atomic mass is 16.4. The Morgan fingerprint density at radius 2 is 1.81 bits per heavy atom. The normalized spacial score (nSPS) is 16.1. The van der Waals surface area contributed by atoms with Crippen LogP contribution in [0, 0.1) is 12.8 Å². The SMILES string of the molecule is C=CC(CC(=O)O)NC(=O)CC1CCN(C(C)(C)c2ccc(NC(=O)Nc3ccccc3C)cc2)C1=O. The Kier molecular flexibility index (Phi) is 8.70. The molecular weight excluding hydrogens is 472 g/mol. The number of aliphatic carboxylic acids is 1. The van der Waals surface area contributed by atoms with Crippen molar-refractivity contribution in [2.24, 2.45) is 5.92 Å². The van der Waals surface area contributed by atoms with Gasteiger partial charge in [-0.2, -0.15) is 0 Å². The summed E-state index contributed by atoms with van der Waals surface area (Å²) in [6.07, 6.45) is 1.65. The fourth-order valence-corrected chi connectivity index (χ4v) is 4.47. The Hall–Kier alpha value is -4.14. The van der Waals surface area contributed by atoms with Crippen LogP contribution in [0.25, 0.3) is 0 Å². The minimum Gasteiger partial charge on any atom is -0.481 e. The molecule has 2 unspecified atom stereocenters. The minimum absolute atomic E-state index is 0.00572. The highest BCUT2D eigenvalue weighted by Crippen LogP contribution is 2.35. The number of hydrogen-bond acceptors (Lipinski definition) is 4. The number of nitrogens with zero attached hydrogens (tertiary/aromatic N) is 1. The number of anilines is 2. The van der Waals surface area contributed by atoms with Gasteiger partial charge in [-0.1, -0.05) is 36.4 Å². The van der Waals surface area contributed by atoms with Gasteiger partial charge in [0.15, 0.2) is 0 Å². The van der Waals surface area contributed by atoms with E-state index >= 15 is 0 Å². The van der Waals surface area contributed by atoms with Gasteiger partial charge in [0.05, 0.1) is 18.0 Å². The van der Waals surface area contributed by atoms with Gasteiger partial charge in [0.1, 0.15) is 0 Å². The second-order valence-corrected chi connectivity index (χ2v) is 9.72. The molecule has 37 heavy (non-hydrogen) atoms. The quantitative estimate of drug-likeness (QED) is 0.358. The number of urea groups is 1. The molecule has 1 aliphatic heterocycles. The summed E-state index contributed by atoms with van der Waals surface area (Å²) in [5, 5.41) is 17.2. The molecule has 3 rings (SSSR count). The molecule has 2 aromatic rings. The maximum atomic E-state index is 13.2. The predicted molar refractivity (Wildman–Crippen MR) is 142 cm³/mol. The van der Waals surface area contributed by atoms with E-state index in [0.717, 1.165) is 16.8 Å². The van der Waals surface area contributed by atoms with Crippen molar-refractivity contribution in [3.63, 3.8) is 0 Å². The third-order valence-corrected chi connectivity index (χ3v) is 6.69. The highest BCUT2D eigenvalue weighted by Gasteiger charge is 2.41. The molecule has 2 atom stereocenters. The van der Waals surface area contributed by atoms with Gasteiger partial charge in [0.2, 0.25) is 11.8 Å². The van der Waals surface area contributed by atoms with Crippen molar-refractivity contribution >= 4 is 35.2 Å². The number of amides is 4. The zero-order valence-corrected chi connectivity index (χ0v) is 21.4. The molecule has 1 aliphatic rings. The maximum absolute atomic E-state index is 13.2. The largest absolute Gasteiger partial charge is 0.481 e. The molecule has 0 aliphatic carbocycles. The van der Waals surface area contributed by atoms with Crippen molar-refractivity contribution < 1.29 is 24.3 Å². The number of aryl methyl sites for hydroxylation is 1. The van der Waals surface area contributed by atoms with Gasteiger partial charge in [-0.15, -0.1) is 6.58 Å². The Bertz CT molecular complexity index is 1180. The van der Waals surface area contributed by atoms with E-state index in [1.807, 2.05) is 57.2 Å². The third-order valence-electron chi connectivity index (χ3n) is 6.69. The first-order chi connectivity index (χ1) is 17.5. The Morgan fingerprint density at radius 1 is 1.14 bits per heavy atom. The van der Waals surface area contributed by atoms with Crippen molar-refractivity contribution in [2.75, 3.05) is 17.2 Å². The molecule has 0 aromatic heterocycles. The first kappa shape index (κ1) is 27.4. The number of carbonyl (C=O) groups is 4. The van der Waals surface area contributed by atoms with Crippen molar-refractivity contribution in [3.05, 3.63) is 72.3 Å². The molecule has 1 fully saturated rings. The summed E-state index contributed by atoms with van der Waals surface area (Å²) >= 11 is 0. The molecule has 0 saturated carbocycles. The van der Waals surface area contributed by atoms with Gasteiger partial charge in [-0.05, 0) is 56.5 Å². The number of carboxylic acid groups (broad SMARTS) is 1. The number of likely N-dealkylation sites (tertiary alicyclic amines) is 1. The first-order valence-electron chi connectivity index (χ1n) is 12.2. The van der Waals surface area contributed by atoms with Crippen LogP contribution in [0.1, 0.15) is 44.2 Å². The van der Waals surface area contributed by atoms with E-state index in [0.29, 0.717) is 18.7 Å². The summed E-state index contributed by atoms with van der Waals surface area (Å²) in [5.74, 6) is -2.00. The number of nitrogens with one attached hydrogen (secondary N) is 3. The van der Waals surface area contributed by atoms with Gasteiger partial charge < -0.3 is 26.0 Å². The van der Waals surface area contributed by atoms with Crippen LogP contribution in [0.15, 0.2) is 61.2 Å². The zero-order valence-electron chi connectivity index (χ0n) is 21.4. The molecule has 4 N–H and O–H groups in total. The number of carbonyl (C=O) groups excluding carboxylic acids is 3. The fourth-order valence-electron chi connectivity index (χ4n) is 4.47. The van der Waals surface area contributed by atoms with Crippen LogP contribution in [0.2, 0.25) is 0 Å². The smallest absolute Gasteiger partial charge is 0.323 e. The van der Waals surface area contributed by atoms with Gasteiger partial charge in [0.25, 0.3) is 0 Å². The second kappa shape index (κ2) is 11.7. The Labute approximate surface area is 216 Å². The van der Waals surface area contributed by atoms with Crippen LogP contribution < -0.4 is 16.0 Å². The van der Waals surface area contributed by atoms with Gasteiger partial charge in [-0.3, -0.25) is 14.4 Å². The van der Waals surface area contributed by atoms with Gasteiger partial charge in [-0.25, -0.2) is 4.79 Å². The molecule has 1 heterocycles. The standard InChI is InChI=1S/C28H34N4O5/c1-5-21(17-25(34)35)29-24(33)16-19-14-15-32(26(19)36)28(3,4)20-10-12-22(13-11-20)30-27(37)31-23-9-7-6-8-18(23)2/h5-13,19,21H,1,14-17H2,2-4H3,(H,29,33)(H,34,35)(H2,30,31,37). The van der Waals surface area contributed by atoms with Crippen LogP contribution in [0.4, 0.5) is 16.2 Å². The summed E-state index contributed by atoms with van der Waals surface area (Å²) in [4.78, 5) is 50.7. The topological polar surface area (TPSA) is 128 Å². The van der Waals surface area contributed by atoms with Crippen LogP contribution in [0.5, 0.6) is 0 Å². The fraction of sp³-hybridized carbons (Fsp3) is 0.357. The summed E-state index contributed by atoms with van der Waals surface area (Å²) in [6.45, 7) is 9.87. The van der Waals surface area contributed by atoms with Crippen molar-refractivity contribution in [1.82, 2.24) is 10.2 Å². The lowest BCUT2D eigenvalue weighted by Crippen LogP contribution is -2.44. The summed E-state index contributed by atoms with van der Waals surface area (Å²) < 4.78 is 0. The van der Waals surface area contributed by atoms with Crippen LogP contribution in [-0.4, -0.2) is 46.4 Å². The van der Waals surface area contributed by atoms with Crippen LogP contribution in [-0.2, 0) is 19.9 Å². The van der Waals surface area contributed by atoms with E-state index in [-0.39, 0.29) is 30.7 Å². The van der Waals surface area contributed by atoms with E-state index in [1.54, 1.807) is 17.0 Å². The number of rotatable bonds is 10. The van der Waals surface area contributed by atoms with Crippen LogP contribution >= 0.6 is 0 Å². The summed E-state index contributed by atoms with van der Waals surface area (Å²) in [7, 11) is 0. The van der Waals surface area contributed by atoms with E-state index in [4.69, 9.17) is 5.11 Å². The molecule has 4 amide bonds. The molecule has 1 saturated heterocycles. The number of para-hydroxylation sites is 1. The molecular formula is C28H34N4O5. The zero-order chi connectivity index (χ0) is 27.2. The number of hydrogen-bond donors (Lipinski definition) is 4. The molecule has 9 nitrogen and oxygen atoms in total. The van der Waals surface area contributed by atoms with Crippen molar-refractivity contribution in [1.29, 1.82) is 0 Å². The third kappa shape index (κ3) is 6.97. The number of carboxylic acids is 1. The Balaban J connectivity index is 1.59. The molecule has 2 aromatic carbocycles. The molecule has 0 bridgehead atoms. The molecule has 196 valence electrons. The lowest BCUT2D eigenvalue weighted by molar-refractivity contribution is -0.139. The van der Waals surface area contributed by atoms with E-state index in [2.05, 4.69) is 22.5 Å². The molecule has 0 radical (unpaired) electrons. The number of benzene rings is 2. The van der Waals surface area contributed by atoms with Gasteiger partial charge in [0, 0.05) is 30.3 Å². The Morgan fingerprint density at radius 3 is 2.43 bits per heavy atom. The lowest BCUT2D eigenvalue weighted by Gasteiger charge is -2.36. The average Bonchev–Trinajstić information content (AvgIpc) is 3.20. The first-order valence-corrected chi connectivity index (χ1v) is 12.2. The van der Waals surface area contributed by atoms with Crippen molar-refractivity contribution in [3.8, 4) is 0 Å². The predicted octanol–water partition coefficient (Wildman–Crippen LogP) is 4.26. The maximum Gasteiger partial charge on any atom is 0.323 e. The molecule has 9 heteroatoms. The van der Waals surface area contributed by atoms with E-state index in [9.17, 15) is 19.2 Å². The van der Waals surface area contributed by atoms with Gasteiger partial charge >= 0.3 is 12.0 Å².